The number of alkyl halides is 6. The normalized spacial score (nSPS) is 15.8. The van der Waals surface area contributed by atoms with Crippen molar-refractivity contribution in [3.63, 3.8) is 0 Å². The highest BCUT2D eigenvalue weighted by Crippen LogP contribution is 2.46. The van der Waals surface area contributed by atoms with Crippen LogP contribution >= 0.6 is 11.8 Å². The zero-order valence-corrected chi connectivity index (χ0v) is 19.9. The highest BCUT2D eigenvalue weighted by atomic mass is 32.2. The Hall–Kier alpha value is -3.87. The monoisotopic (exact) mass is 547 g/mol. The fourth-order valence-corrected chi connectivity index (χ4v) is 5.53. The Morgan fingerprint density at radius 3 is 2.47 bits per heavy atom. The molecule has 0 fully saturated rings. The van der Waals surface area contributed by atoms with Crippen molar-refractivity contribution < 1.29 is 30.9 Å². The van der Waals surface area contributed by atoms with E-state index >= 15 is 0 Å². The Labute approximate surface area is 215 Å². The first-order chi connectivity index (χ1) is 18.0. The van der Waals surface area contributed by atoms with Crippen LogP contribution in [0, 0.1) is 0 Å². The molecule has 6 rings (SSSR count). The number of benzene rings is 2. The molecule has 1 aromatic heterocycles. The molecule has 6 nitrogen and oxygen atoms in total. The standard InChI is InChI=1S/C25H15F6N5OS/c26-24(27,28)14-5-6-16(17(8-14)25(29,30)31)18-9-15(37-35-18)11-36-12-20-19(10-32-36)33-23(34-20)22-7-13-3-1-2-4-21(13)38-22/h1-6,8-10,12,22H,7,11H2. The molecule has 0 N–H and O–H groups in total. The van der Waals surface area contributed by atoms with Crippen molar-refractivity contribution in [2.45, 2.75) is 35.5 Å². The second kappa shape index (κ2) is 8.86. The Morgan fingerprint density at radius 2 is 1.71 bits per heavy atom. The van der Waals surface area contributed by atoms with E-state index in [1.54, 1.807) is 18.0 Å². The van der Waals surface area contributed by atoms with Crippen molar-refractivity contribution in [2.75, 3.05) is 0 Å². The van der Waals surface area contributed by atoms with E-state index in [0.717, 1.165) is 12.5 Å². The lowest BCUT2D eigenvalue weighted by Gasteiger charge is -2.14. The quantitative estimate of drug-likeness (QED) is 0.228. The predicted molar refractivity (Wildman–Crippen MR) is 124 cm³/mol. The molecule has 3 aliphatic rings. The predicted octanol–water partition coefficient (Wildman–Crippen LogP) is 6.91. The number of aromatic nitrogens is 5. The summed E-state index contributed by atoms with van der Waals surface area (Å²) in [5.41, 5.74) is -1.18. The lowest BCUT2D eigenvalue weighted by atomic mass is 10.0. The van der Waals surface area contributed by atoms with Crippen LogP contribution in [0.5, 0.6) is 0 Å². The van der Waals surface area contributed by atoms with Crippen LogP contribution in [0.3, 0.4) is 0 Å². The maximum atomic E-state index is 13.5. The molecule has 0 saturated carbocycles. The van der Waals surface area contributed by atoms with Gasteiger partial charge in [0.1, 0.15) is 29.5 Å². The molecule has 1 atom stereocenters. The fraction of sp³-hybridized carbons (Fsp3) is 0.200. The zero-order valence-electron chi connectivity index (χ0n) is 19.1. The van der Waals surface area contributed by atoms with Gasteiger partial charge in [0.05, 0.1) is 28.8 Å². The van der Waals surface area contributed by atoms with Gasteiger partial charge in [0.2, 0.25) is 0 Å². The van der Waals surface area contributed by atoms with Gasteiger partial charge in [-0.3, -0.25) is 4.68 Å². The van der Waals surface area contributed by atoms with E-state index in [0.29, 0.717) is 23.3 Å². The SMILES string of the molecule is FC(F)(F)c1ccc(-c2cc(Cn3cc4nc(C5Cc6ccccc6S5)nc-4cn3)on2)c(C(F)(F)F)c1. The first-order valence-corrected chi connectivity index (χ1v) is 12.1. The summed E-state index contributed by atoms with van der Waals surface area (Å²) in [6, 6.07) is 10.8. The third kappa shape index (κ3) is 4.62. The first kappa shape index (κ1) is 24.5. The lowest BCUT2D eigenvalue weighted by Crippen LogP contribution is -2.12. The maximum absolute atomic E-state index is 13.5. The van der Waals surface area contributed by atoms with Crippen LogP contribution in [0.1, 0.15) is 33.5 Å². The van der Waals surface area contributed by atoms with Crippen LogP contribution in [0.2, 0.25) is 0 Å². The van der Waals surface area contributed by atoms with E-state index in [1.807, 2.05) is 12.1 Å². The Kier molecular flexibility index (Phi) is 5.70. The van der Waals surface area contributed by atoms with Gasteiger partial charge in [0.25, 0.3) is 0 Å². The lowest BCUT2D eigenvalue weighted by molar-refractivity contribution is -0.142. The minimum atomic E-state index is -5.02. The number of halogens is 6. The van der Waals surface area contributed by atoms with Crippen LogP contribution < -0.4 is 0 Å². The molecule has 194 valence electrons. The van der Waals surface area contributed by atoms with Crippen molar-refractivity contribution in [3.8, 4) is 22.6 Å². The molecular weight excluding hydrogens is 532 g/mol. The molecule has 0 saturated heterocycles. The summed E-state index contributed by atoms with van der Waals surface area (Å²) in [6.07, 6.45) is -5.95. The molecule has 38 heavy (non-hydrogen) atoms. The van der Waals surface area contributed by atoms with Gasteiger partial charge in [-0.2, -0.15) is 31.4 Å². The zero-order chi connectivity index (χ0) is 26.7. The maximum Gasteiger partial charge on any atom is 0.417 e. The number of fused-ring (bicyclic) bond motifs is 2. The first-order valence-electron chi connectivity index (χ1n) is 11.2. The van der Waals surface area contributed by atoms with E-state index < -0.39 is 29.0 Å². The summed E-state index contributed by atoms with van der Waals surface area (Å²) >= 11 is 1.70. The molecule has 0 amide bonds. The van der Waals surface area contributed by atoms with Crippen LogP contribution in [-0.4, -0.2) is 24.9 Å². The Bertz CT molecular complexity index is 1580. The summed E-state index contributed by atoms with van der Waals surface area (Å²) in [4.78, 5) is 10.4. The van der Waals surface area contributed by atoms with Gasteiger partial charge in [0.15, 0.2) is 5.76 Å². The summed E-state index contributed by atoms with van der Waals surface area (Å²) in [5.74, 6) is 0.844. The van der Waals surface area contributed by atoms with Gasteiger partial charge in [-0.05, 0) is 30.2 Å². The third-order valence-electron chi connectivity index (χ3n) is 6.07. The summed E-state index contributed by atoms with van der Waals surface area (Å²) in [7, 11) is 0. The van der Waals surface area contributed by atoms with Gasteiger partial charge in [0, 0.05) is 16.5 Å². The Balaban J connectivity index is 1.24. The van der Waals surface area contributed by atoms with Crippen molar-refractivity contribution in [2.24, 2.45) is 0 Å². The van der Waals surface area contributed by atoms with Crippen LogP contribution in [0.4, 0.5) is 26.3 Å². The highest BCUT2D eigenvalue weighted by Gasteiger charge is 2.39. The molecule has 0 bridgehead atoms. The topological polar surface area (TPSA) is 69.6 Å². The van der Waals surface area contributed by atoms with E-state index in [9.17, 15) is 26.3 Å². The average Bonchev–Trinajstić information content (AvgIpc) is 3.60. The number of nitrogens with zero attached hydrogens (tertiary/aromatic N) is 5. The summed E-state index contributed by atoms with van der Waals surface area (Å²) in [5, 5.41) is 8.01. The number of rotatable bonds is 4. The third-order valence-corrected chi connectivity index (χ3v) is 7.39. The van der Waals surface area contributed by atoms with Gasteiger partial charge < -0.3 is 4.52 Å². The van der Waals surface area contributed by atoms with Crippen molar-refractivity contribution in [1.82, 2.24) is 24.9 Å². The van der Waals surface area contributed by atoms with Gasteiger partial charge in [-0.15, -0.1) is 11.8 Å². The van der Waals surface area contributed by atoms with E-state index in [2.05, 4.69) is 32.4 Å². The van der Waals surface area contributed by atoms with E-state index in [4.69, 9.17) is 4.52 Å². The fourth-order valence-electron chi connectivity index (χ4n) is 4.29. The van der Waals surface area contributed by atoms with Crippen LogP contribution in [0.15, 0.2) is 70.3 Å². The summed E-state index contributed by atoms with van der Waals surface area (Å²) in [6.45, 7) is 0.0107. The van der Waals surface area contributed by atoms with Crippen LogP contribution in [0.25, 0.3) is 22.6 Å². The molecule has 2 aromatic carbocycles. The number of hydrogen-bond donors (Lipinski definition) is 0. The van der Waals surface area contributed by atoms with Crippen molar-refractivity contribution in [1.29, 1.82) is 0 Å². The van der Waals surface area contributed by atoms with E-state index in [-0.39, 0.29) is 29.3 Å². The van der Waals surface area contributed by atoms with Crippen LogP contribution in [-0.2, 0) is 25.3 Å². The highest BCUT2D eigenvalue weighted by molar-refractivity contribution is 7.99. The minimum Gasteiger partial charge on any atom is -0.359 e. The largest absolute Gasteiger partial charge is 0.417 e. The smallest absolute Gasteiger partial charge is 0.359 e. The van der Waals surface area contributed by atoms with Gasteiger partial charge in [-0.1, -0.05) is 29.4 Å². The second-order valence-electron chi connectivity index (χ2n) is 8.68. The molecule has 1 unspecified atom stereocenters. The van der Waals surface area contributed by atoms with Crippen molar-refractivity contribution >= 4 is 11.8 Å². The number of thioether (sulfide) groups is 1. The summed E-state index contributed by atoms with van der Waals surface area (Å²) < 4.78 is 86.2. The number of hydrogen-bond acceptors (Lipinski definition) is 6. The number of imidazole rings is 1. The van der Waals surface area contributed by atoms with Crippen molar-refractivity contribution in [3.05, 3.63) is 89.2 Å². The molecule has 0 spiro atoms. The van der Waals surface area contributed by atoms with E-state index in [1.165, 1.54) is 27.4 Å². The molecule has 3 aromatic rings. The molecular formula is C25H15F6N5OS. The second-order valence-corrected chi connectivity index (χ2v) is 9.92. The molecule has 4 heterocycles. The average molecular weight is 547 g/mol. The molecule has 0 aliphatic carbocycles. The molecule has 0 radical (unpaired) electrons. The van der Waals surface area contributed by atoms with Gasteiger partial charge in [-0.25, -0.2) is 9.97 Å². The molecule has 3 aliphatic heterocycles. The van der Waals surface area contributed by atoms with Gasteiger partial charge >= 0.3 is 12.4 Å². The molecule has 13 heteroatoms. The Morgan fingerprint density at radius 1 is 0.921 bits per heavy atom. The minimum absolute atomic E-state index is 0.0107.